The van der Waals surface area contributed by atoms with Crippen LogP contribution in [0.5, 0.6) is 5.75 Å². The number of nitrogens with zero attached hydrogens (tertiary/aromatic N) is 5. The molecule has 38 heavy (non-hydrogen) atoms. The summed E-state index contributed by atoms with van der Waals surface area (Å²) >= 11 is 0. The van der Waals surface area contributed by atoms with Crippen LogP contribution >= 0.6 is 0 Å². The van der Waals surface area contributed by atoms with E-state index in [1.807, 2.05) is 18.3 Å². The van der Waals surface area contributed by atoms with E-state index in [4.69, 9.17) is 14.6 Å². The van der Waals surface area contributed by atoms with Crippen LogP contribution in [-0.4, -0.2) is 62.4 Å². The van der Waals surface area contributed by atoms with E-state index < -0.39 is 12.7 Å². The van der Waals surface area contributed by atoms with E-state index >= 15 is 0 Å². The molecule has 0 unspecified atom stereocenters. The molecule has 1 aromatic carbocycles. The lowest BCUT2D eigenvalue weighted by Crippen LogP contribution is -2.33. The van der Waals surface area contributed by atoms with Crippen LogP contribution in [0.3, 0.4) is 0 Å². The number of amides is 1. The smallest absolute Gasteiger partial charge is 0.387 e. The van der Waals surface area contributed by atoms with Crippen molar-refractivity contribution in [1.29, 1.82) is 0 Å². The Kier molecular flexibility index (Phi) is 5.21. The fourth-order valence-corrected chi connectivity index (χ4v) is 5.83. The third-order valence-corrected chi connectivity index (χ3v) is 7.85. The molecule has 9 nitrogen and oxygen atoms in total. The number of hydrogen-bond donors (Lipinski definition) is 1. The summed E-state index contributed by atoms with van der Waals surface area (Å²) in [6.45, 7) is -2.03. The maximum atomic E-state index is 13.3. The fourth-order valence-electron chi connectivity index (χ4n) is 5.83. The monoisotopic (exact) mass is 519 g/mol. The lowest BCUT2D eigenvalue weighted by molar-refractivity contribution is -0.0948. The van der Waals surface area contributed by atoms with Gasteiger partial charge in [-0.05, 0) is 36.2 Å². The number of rotatable bonds is 5. The molecular weight excluding hydrogens is 496 g/mol. The first-order valence-corrected chi connectivity index (χ1v) is 12.4. The van der Waals surface area contributed by atoms with Crippen molar-refractivity contribution in [3.8, 4) is 16.9 Å². The zero-order valence-corrected chi connectivity index (χ0v) is 20.3. The van der Waals surface area contributed by atoms with E-state index in [1.165, 1.54) is 6.07 Å². The molecule has 7 rings (SSSR count). The molecule has 3 aliphatic rings. The van der Waals surface area contributed by atoms with Gasteiger partial charge in [-0.15, -0.1) is 0 Å². The van der Waals surface area contributed by atoms with Gasteiger partial charge < -0.3 is 19.5 Å². The molecule has 2 aliphatic heterocycles. The van der Waals surface area contributed by atoms with Crippen molar-refractivity contribution in [3.63, 3.8) is 0 Å². The van der Waals surface area contributed by atoms with Crippen LogP contribution in [0.4, 0.5) is 8.78 Å². The molecule has 1 N–H and O–H groups in total. The molecule has 0 spiro atoms. The molecule has 3 atom stereocenters. The molecule has 1 amide bonds. The van der Waals surface area contributed by atoms with E-state index in [1.54, 1.807) is 41.0 Å². The van der Waals surface area contributed by atoms with Crippen molar-refractivity contribution in [3.05, 3.63) is 77.1 Å². The number of aromatic nitrogens is 4. The second kappa shape index (κ2) is 8.53. The number of hydrogen-bond acceptors (Lipinski definition) is 7. The molecule has 5 heterocycles. The quantitative estimate of drug-likeness (QED) is 0.429. The Balaban J connectivity index is 1.33. The fraction of sp³-hybridized carbons (Fsp3) is 0.333. The predicted octanol–water partition coefficient (Wildman–Crippen LogP) is 3.73. The van der Waals surface area contributed by atoms with Crippen molar-refractivity contribution in [2.45, 2.75) is 31.1 Å². The standard InChI is InChI=1S/C27H23F2N5O4/c1-33-19-8-17(21-16(26(33)36)3-2-4-20(21)38-27(28)29)22-18-7-13(5-6-34(18)32-23(19)22)14-9-30-25(31-10-14)24(35)15-11-37-12-15/h2-7,9-10,15,17,19,24,27,35H,8,11-12H2,1H3/t17-,19-,24+/m1/s1. The molecule has 0 saturated carbocycles. The highest BCUT2D eigenvalue weighted by Gasteiger charge is 2.46. The highest BCUT2D eigenvalue weighted by atomic mass is 19.3. The molecule has 1 aliphatic carbocycles. The maximum absolute atomic E-state index is 13.3. The van der Waals surface area contributed by atoms with Crippen LogP contribution in [0.25, 0.3) is 16.6 Å². The number of aliphatic hydroxyl groups excluding tert-OH is 1. The molecule has 194 valence electrons. The van der Waals surface area contributed by atoms with Gasteiger partial charge in [0.05, 0.1) is 30.5 Å². The van der Waals surface area contributed by atoms with E-state index in [-0.39, 0.29) is 29.5 Å². The van der Waals surface area contributed by atoms with Gasteiger partial charge in [0.25, 0.3) is 5.91 Å². The summed E-state index contributed by atoms with van der Waals surface area (Å²) < 4.78 is 38.4. The molecule has 1 fully saturated rings. The minimum Gasteiger partial charge on any atom is -0.434 e. The summed E-state index contributed by atoms with van der Waals surface area (Å²) in [4.78, 5) is 23.7. The molecule has 4 aromatic rings. The Morgan fingerprint density at radius 2 is 1.92 bits per heavy atom. The van der Waals surface area contributed by atoms with Gasteiger partial charge in [-0.25, -0.2) is 14.5 Å². The Bertz CT molecular complexity index is 1570. The van der Waals surface area contributed by atoms with Gasteiger partial charge in [-0.3, -0.25) is 4.79 Å². The van der Waals surface area contributed by atoms with E-state index in [0.717, 1.165) is 27.9 Å². The summed E-state index contributed by atoms with van der Waals surface area (Å²) in [5.74, 6) is -0.229. The third kappa shape index (κ3) is 3.42. The minimum atomic E-state index is -3.01. The summed E-state index contributed by atoms with van der Waals surface area (Å²) in [6.07, 6.45) is 4.93. The van der Waals surface area contributed by atoms with Crippen molar-refractivity contribution >= 4 is 11.4 Å². The first kappa shape index (κ1) is 23.2. The Labute approximate surface area is 215 Å². The second-order valence-corrected chi connectivity index (χ2v) is 9.93. The minimum absolute atomic E-state index is 0.00171. The number of halogens is 2. The maximum Gasteiger partial charge on any atom is 0.387 e. The van der Waals surface area contributed by atoms with E-state index in [2.05, 4.69) is 9.97 Å². The zero-order valence-electron chi connectivity index (χ0n) is 20.3. The largest absolute Gasteiger partial charge is 0.434 e. The van der Waals surface area contributed by atoms with Gasteiger partial charge in [0.15, 0.2) is 5.82 Å². The van der Waals surface area contributed by atoms with Crippen molar-refractivity contribution in [2.75, 3.05) is 20.3 Å². The SMILES string of the molecule is CN1C(=O)c2cccc(OC(F)F)c2[C@H]2C[C@@H]1c1nn3ccc(-c4cnc([C@@H](O)C5COC5)nc4)cc3c12. The topological polar surface area (TPSA) is 102 Å². The van der Waals surface area contributed by atoms with Gasteiger partial charge >= 0.3 is 6.61 Å². The number of alkyl halides is 2. The Hall–Kier alpha value is -3.96. The first-order valence-electron chi connectivity index (χ1n) is 12.4. The molecule has 3 aromatic heterocycles. The Morgan fingerprint density at radius 3 is 2.63 bits per heavy atom. The van der Waals surface area contributed by atoms with Crippen molar-refractivity contribution < 1.29 is 28.2 Å². The van der Waals surface area contributed by atoms with Crippen LogP contribution in [0.15, 0.2) is 48.9 Å². The molecule has 1 saturated heterocycles. The number of pyridine rings is 1. The summed E-state index contributed by atoms with van der Waals surface area (Å²) in [6, 6.07) is 8.27. The average Bonchev–Trinajstić information content (AvgIpc) is 3.40. The Morgan fingerprint density at radius 1 is 1.13 bits per heavy atom. The van der Waals surface area contributed by atoms with E-state index in [0.29, 0.717) is 36.6 Å². The first-order chi connectivity index (χ1) is 18.4. The van der Waals surface area contributed by atoms with Crippen LogP contribution in [0.1, 0.15) is 57.5 Å². The third-order valence-electron chi connectivity index (χ3n) is 7.85. The number of fused-ring (bicyclic) bond motifs is 9. The summed E-state index contributed by atoms with van der Waals surface area (Å²) in [7, 11) is 1.72. The van der Waals surface area contributed by atoms with E-state index in [9.17, 15) is 18.7 Å². The summed E-state index contributed by atoms with van der Waals surface area (Å²) in [5, 5.41) is 15.2. The number of carbonyl (C=O) groups is 1. The van der Waals surface area contributed by atoms with Crippen LogP contribution in [-0.2, 0) is 4.74 Å². The molecule has 11 heteroatoms. The van der Waals surface area contributed by atoms with Crippen molar-refractivity contribution in [1.82, 2.24) is 24.5 Å². The lowest BCUT2D eigenvalue weighted by Gasteiger charge is -2.29. The number of carbonyl (C=O) groups excluding carboxylic acids is 1. The predicted molar refractivity (Wildman–Crippen MR) is 130 cm³/mol. The molecule has 2 bridgehead atoms. The van der Waals surface area contributed by atoms with Crippen LogP contribution in [0, 0.1) is 5.92 Å². The van der Waals surface area contributed by atoms with Gasteiger partial charge in [0, 0.05) is 59.7 Å². The molecular formula is C27H23F2N5O4. The van der Waals surface area contributed by atoms with Crippen LogP contribution in [0.2, 0.25) is 0 Å². The number of benzene rings is 1. The van der Waals surface area contributed by atoms with Gasteiger partial charge in [0.1, 0.15) is 11.9 Å². The lowest BCUT2D eigenvalue weighted by atomic mass is 9.88. The zero-order chi connectivity index (χ0) is 26.1. The highest BCUT2D eigenvalue weighted by molar-refractivity contribution is 5.98. The van der Waals surface area contributed by atoms with Gasteiger partial charge in [-0.2, -0.15) is 13.9 Å². The molecule has 0 radical (unpaired) electrons. The highest BCUT2D eigenvalue weighted by Crippen LogP contribution is 2.53. The number of aliphatic hydroxyl groups is 1. The van der Waals surface area contributed by atoms with Gasteiger partial charge in [-0.1, -0.05) is 6.07 Å². The normalized spacial score (nSPS) is 21.3. The summed E-state index contributed by atoms with van der Waals surface area (Å²) in [5.41, 5.74) is 4.87. The van der Waals surface area contributed by atoms with Gasteiger partial charge in [0.2, 0.25) is 0 Å². The second-order valence-electron chi connectivity index (χ2n) is 9.93. The van der Waals surface area contributed by atoms with Crippen molar-refractivity contribution in [2.24, 2.45) is 5.92 Å². The average molecular weight is 520 g/mol. The van der Waals surface area contributed by atoms with Crippen LogP contribution < -0.4 is 4.74 Å². The number of ether oxygens (including phenoxy) is 2.